The zero-order valence-electron chi connectivity index (χ0n) is 13.6. The van der Waals surface area contributed by atoms with E-state index in [-0.39, 0.29) is 0 Å². The van der Waals surface area contributed by atoms with Gasteiger partial charge in [-0.05, 0) is 37.7 Å². The van der Waals surface area contributed by atoms with Gasteiger partial charge in [-0.3, -0.25) is 4.79 Å². The maximum Gasteiger partial charge on any atom is 0.231 e. The van der Waals surface area contributed by atoms with Crippen molar-refractivity contribution >= 4 is 5.91 Å². The Bertz CT molecular complexity index is 468. The van der Waals surface area contributed by atoms with E-state index in [4.69, 9.17) is 0 Å². The van der Waals surface area contributed by atoms with Gasteiger partial charge in [0.1, 0.15) is 0 Å². The molecule has 3 nitrogen and oxygen atoms in total. The van der Waals surface area contributed by atoms with E-state index in [1.54, 1.807) is 4.90 Å². The van der Waals surface area contributed by atoms with Gasteiger partial charge in [0.2, 0.25) is 5.91 Å². The second kappa shape index (κ2) is 7.77. The first-order valence-electron chi connectivity index (χ1n) is 8.99. The van der Waals surface area contributed by atoms with Crippen LogP contribution in [-0.2, 0) is 11.2 Å². The Hall–Kier alpha value is -1.35. The van der Waals surface area contributed by atoms with Gasteiger partial charge in [0.25, 0.3) is 0 Å². The number of nitrogens with zero attached hydrogens (tertiary/aromatic N) is 1. The number of rotatable bonds is 5. The highest BCUT2D eigenvalue weighted by Crippen LogP contribution is 2.16. The molecule has 2 aliphatic heterocycles. The third kappa shape index (κ3) is 4.10. The van der Waals surface area contributed by atoms with E-state index in [0.717, 1.165) is 32.5 Å². The lowest BCUT2D eigenvalue weighted by atomic mass is 9.96. The van der Waals surface area contributed by atoms with Crippen molar-refractivity contribution in [2.24, 2.45) is 5.92 Å². The van der Waals surface area contributed by atoms with Crippen LogP contribution in [0.15, 0.2) is 30.3 Å². The number of quaternary nitrogens is 1. The van der Waals surface area contributed by atoms with Gasteiger partial charge in [0.15, 0.2) is 0 Å². The molecule has 1 aromatic rings. The lowest BCUT2D eigenvalue weighted by molar-refractivity contribution is -0.907. The van der Waals surface area contributed by atoms with E-state index in [1.807, 2.05) is 0 Å². The first-order valence-corrected chi connectivity index (χ1v) is 8.99. The van der Waals surface area contributed by atoms with Crippen molar-refractivity contribution in [1.82, 2.24) is 4.90 Å². The number of nitrogens with one attached hydrogen (secondary N) is 1. The van der Waals surface area contributed by atoms with Crippen LogP contribution in [0.1, 0.15) is 37.7 Å². The molecule has 2 fully saturated rings. The summed E-state index contributed by atoms with van der Waals surface area (Å²) in [4.78, 5) is 16.3. The summed E-state index contributed by atoms with van der Waals surface area (Å²) in [6, 6.07) is 10.7. The van der Waals surface area contributed by atoms with E-state index < -0.39 is 0 Å². The topological polar surface area (TPSA) is 24.8 Å². The third-order valence-corrected chi connectivity index (χ3v) is 5.22. The molecule has 2 heterocycles. The van der Waals surface area contributed by atoms with E-state index in [9.17, 15) is 4.79 Å². The number of carbonyl (C=O) groups is 1. The summed E-state index contributed by atoms with van der Waals surface area (Å²) in [6.07, 6.45) is 7.11. The summed E-state index contributed by atoms with van der Waals surface area (Å²) in [5.41, 5.74) is 1.43. The fourth-order valence-electron chi connectivity index (χ4n) is 3.97. The van der Waals surface area contributed by atoms with Crippen LogP contribution in [-0.4, -0.2) is 43.5 Å². The summed E-state index contributed by atoms with van der Waals surface area (Å²) in [7, 11) is 0. The molecule has 1 amide bonds. The fourth-order valence-corrected chi connectivity index (χ4v) is 3.97. The van der Waals surface area contributed by atoms with Crippen molar-refractivity contribution < 1.29 is 9.69 Å². The van der Waals surface area contributed by atoms with Gasteiger partial charge in [0.05, 0.1) is 25.6 Å². The molecule has 120 valence electrons. The first kappa shape index (κ1) is 15.5. The second-order valence-electron chi connectivity index (χ2n) is 6.91. The molecule has 3 heteroatoms. The molecule has 0 spiro atoms. The van der Waals surface area contributed by atoms with Crippen LogP contribution in [0.25, 0.3) is 0 Å². The number of likely N-dealkylation sites (tertiary alicyclic amines) is 2. The van der Waals surface area contributed by atoms with Gasteiger partial charge in [0, 0.05) is 19.5 Å². The zero-order chi connectivity index (χ0) is 15.2. The number of hydrogen-bond acceptors (Lipinski definition) is 1. The van der Waals surface area contributed by atoms with Crippen LogP contribution in [0, 0.1) is 5.92 Å². The van der Waals surface area contributed by atoms with Gasteiger partial charge in [-0.15, -0.1) is 0 Å². The van der Waals surface area contributed by atoms with E-state index in [2.05, 4.69) is 35.2 Å². The highest BCUT2D eigenvalue weighted by molar-refractivity contribution is 5.79. The Balaban J connectivity index is 1.43. The molecule has 0 radical (unpaired) electrons. The molecular formula is C19H29N2O+. The normalized spacial score (nSPS) is 25.4. The van der Waals surface area contributed by atoms with E-state index in [1.165, 1.54) is 44.3 Å². The smallest absolute Gasteiger partial charge is 0.231 e. The van der Waals surface area contributed by atoms with Crippen LogP contribution in [0.3, 0.4) is 0 Å². The average molecular weight is 301 g/mol. The Morgan fingerprint density at radius 1 is 1.14 bits per heavy atom. The largest absolute Gasteiger partial charge is 0.342 e. The maximum atomic E-state index is 12.6. The number of amides is 1. The van der Waals surface area contributed by atoms with Crippen molar-refractivity contribution in [3.63, 3.8) is 0 Å². The molecule has 3 rings (SSSR count). The molecule has 22 heavy (non-hydrogen) atoms. The minimum absolute atomic E-state index is 0.290. The van der Waals surface area contributed by atoms with Crippen LogP contribution >= 0.6 is 0 Å². The highest BCUT2D eigenvalue weighted by atomic mass is 16.2. The third-order valence-electron chi connectivity index (χ3n) is 5.22. The van der Waals surface area contributed by atoms with Gasteiger partial charge in [-0.1, -0.05) is 30.3 Å². The Morgan fingerprint density at radius 3 is 2.68 bits per heavy atom. The molecule has 0 aliphatic carbocycles. The number of benzene rings is 1. The molecule has 0 saturated carbocycles. The Labute approximate surface area is 134 Å². The van der Waals surface area contributed by atoms with Crippen LogP contribution in [0.5, 0.6) is 0 Å². The molecule has 2 aliphatic rings. The minimum atomic E-state index is 0.290. The lowest BCUT2D eigenvalue weighted by Gasteiger charge is -2.31. The van der Waals surface area contributed by atoms with Crippen LogP contribution < -0.4 is 4.90 Å². The van der Waals surface area contributed by atoms with Crippen LogP contribution in [0.2, 0.25) is 0 Å². The number of carbonyl (C=O) groups excluding carboxylic acids is 1. The van der Waals surface area contributed by atoms with Crippen molar-refractivity contribution in [2.75, 3.05) is 32.7 Å². The Morgan fingerprint density at radius 2 is 1.91 bits per heavy atom. The zero-order valence-corrected chi connectivity index (χ0v) is 13.6. The van der Waals surface area contributed by atoms with Gasteiger partial charge >= 0.3 is 0 Å². The minimum Gasteiger partial charge on any atom is -0.342 e. The van der Waals surface area contributed by atoms with Crippen LogP contribution in [0.4, 0.5) is 0 Å². The van der Waals surface area contributed by atoms with Gasteiger partial charge in [-0.2, -0.15) is 0 Å². The fraction of sp³-hybridized carbons (Fsp3) is 0.632. The van der Waals surface area contributed by atoms with E-state index in [0.29, 0.717) is 11.8 Å². The first-order chi connectivity index (χ1) is 10.8. The number of piperidine rings is 1. The van der Waals surface area contributed by atoms with Crippen molar-refractivity contribution in [1.29, 1.82) is 0 Å². The second-order valence-corrected chi connectivity index (χ2v) is 6.91. The predicted octanol–water partition coefficient (Wildman–Crippen LogP) is 1.54. The quantitative estimate of drug-likeness (QED) is 0.877. The molecule has 1 aromatic carbocycles. The number of aryl methyl sites for hydroxylation is 1. The van der Waals surface area contributed by atoms with Gasteiger partial charge in [-0.25, -0.2) is 0 Å². The average Bonchev–Trinajstić information content (AvgIpc) is 3.10. The number of hydrogen-bond donors (Lipinski definition) is 1. The summed E-state index contributed by atoms with van der Waals surface area (Å²) < 4.78 is 0. The maximum absolute atomic E-state index is 12.6. The van der Waals surface area contributed by atoms with Gasteiger partial charge < -0.3 is 9.80 Å². The molecule has 0 bridgehead atoms. The summed E-state index contributed by atoms with van der Waals surface area (Å²) in [5, 5.41) is 0. The standard InChI is InChI=1S/C19H28N2O/c22-19(21-14-4-5-15-21)18-11-7-13-20(16-18)12-6-10-17-8-2-1-3-9-17/h1-3,8-9,18H,4-7,10-16H2/p+1/t18-/m0/s1. The van der Waals surface area contributed by atoms with Crippen molar-refractivity contribution in [2.45, 2.75) is 38.5 Å². The highest BCUT2D eigenvalue weighted by Gasteiger charge is 2.32. The van der Waals surface area contributed by atoms with Crippen molar-refractivity contribution in [3.05, 3.63) is 35.9 Å². The summed E-state index contributed by atoms with van der Waals surface area (Å²) in [5.74, 6) is 0.733. The SMILES string of the molecule is O=C([C@H]1CCC[NH+](CCCc2ccccc2)C1)N1CCCC1. The summed E-state index contributed by atoms with van der Waals surface area (Å²) >= 11 is 0. The lowest BCUT2D eigenvalue weighted by Crippen LogP contribution is -3.13. The monoisotopic (exact) mass is 301 g/mol. The van der Waals surface area contributed by atoms with Crippen molar-refractivity contribution in [3.8, 4) is 0 Å². The predicted molar refractivity (Wildman–Crippen MR) is 88.9 cm³/mol. The molecule has 0 aromatic heterocycles. The summed E-state index contributed by atoms with van der Waals surface area (Å²) in [6.45, 7) is 5.51. The molecule has 2 saturated heterocycles. The molecule has 1 unspecified atom stereocenters. The van der Waals surface area contributed by atoms with E-state index >= 15 is 0 Å². The molecule has 2 atom stereocenters. The molecular weight excluding hydrogens is 272 g/mol. The Kier molecular flexibility index (Phi) is 5.49. The molecule has 1 N–H and O–H groups in total.